The van der Waals surface area contributed by atoms with E-state index in [2.05, 4.69) is 0 Å². The van der Waals surface area contributed by atoms with E-state index in [-0.39, 0.29) is 10.9 Å². The molecule has 0 radical (unpaired) electrons. The van der Waals surface area contributed by atoms with E-state index in [0.29, 0.717) is 10.6 Å². The third-order valence-corrected chi connectivity index (χ3v) is 5.65. The minimum Gasteiger partial charge on any atom is -0.424 e. The van der Waals surface area contributed by atoms with E-state index in [1.807, 2.05) is 13.8 Å². The van der Waals surface area contributed by atoms with Gasteiger partial charge in [0.15, 0.2) is 0 Å². The first-order valence-corrected chi connectivity index (χ1v) is 9.11. The molecule has 0 aliphatic carbocycles. The molecular weight excluding hydrogens is 321 g/mol. The molecule has 0 amide bonds. The zero-order valence-electron chi connectivity index (χ0n) is 11.6. The van der Waals surface area contributed by atoms with Crippen LogP contribution in [0.5, 0.6) is 5.75 Å². The van der Waals surface area contributed by atoms with Gasteiger partial charge in [-0.1, -0.05) is 13.8 Å². The Morgan fingerprint density at radius 3 is 2.40 bits per heavy atom. The van der Waals surface area contributed by atoms with Crippen LogP contribution in [-0.4, -0.2) is 24.4 Å². The van der Waals surface area contributed by atoms with Gasteiger partial charge in [0.05, 0.1) is 9.82 Å². The van der Waals surface area contributed by atoms with Crippen LogP contribution in [0.2, 0.25) is 0 Å². The smallest absolute Gasteiger partial charge is 0.380 e. The maximum absolute atomic E-state index is 11.0. The molecule has 1 aromatic rings. The highest BCUT2D eigenvalue weighted by Gasteiger charge is 2.21. The summed E-state index contributed by atoms with van der Waals surface area (Å²) in [6.45, 7) is 1.07. The molecule has 0 aromatic heterocycles. The zero-order valence-corrected chi connectivity index (χ0v) is 14.1. The first-order valence-electron chi connectivity index (χ1n) is 5.67. The number of rotatable bonds is 7. The van der Waals surface area contributed by atoms with E-state index >= 15 is 0 Å². The molecule has 1 aromatic carbocycles. The topological polar surface area (TPSA) is 70.8 Å². The Labute approximate surface area is 127 Å². The Morgan fingerprint density at radius 2 is 1.95 bits per heavy atom. The molecule has 0 atom stereocenters. The highest BCUT2D eigenvalue weighted by molar-refractivity contribution is 8.07. The predicted molar refractivity (Wildman–Crippen MR) is 83.0 cm³/mol. The molecule has 0 N–H and O–H groups in total. The largest absolute Gasteiger partial charge is 0.424 e. The average Bonchev–Trinajstić information content (AvgIpc) is 2.37. The summed E-state index contributed by atoms with van der Waals surface area (Å²) in [5.41, 5.74) is 0.0409. The second kappa shape index (κ2) is 7.38. The van der Waals surface area contributed by atoms with E-state index in [0.717, 1.165) is 0 Å². The lowest BCUT2D eigenvalue weighted by atomic mass is 10.3. The van der Waals surface area contributed by atoms with E-state index < -0.39 is 11.6 Å². The Kier molecular flexibility index (Phi) is 6.42. The molecule has 0 aliphatic heterocycles. The Bertz CT molecular complexity index is 530. The van der Waals surface area contributed by atoms with Gasteiger partial charge in [-0.15, -0.1) is 11.8 Å². The maximum Gasteiger partial charge on any atom is 0.380 e. The molecule has 0 heterocycles. The van der Waals surface area contributed by atoms with Crippen molar-refractivity contribution in [2.24, 2.45) is 0 Å². The van der Waals surface area contributed by atoms with Crippen molar-refractivity contribution in [1.29, 1.82) is 0 Å². The van der Waals surface area contributed by atoms with Crippen LogP contribution in [0, 0.1) is 10.1 Å². The fraction of sp³-hybridized carbons (Fsp3) is 0.455. The monoisotopic (exact) mass is 337 g/mol. The molecule has 112 valence electrons. The third kappa shape index (κ3) is 4.71. The van der Waals surface area contributed by atoms with Crippen molar-refractivity contribution in [2.75, 3.05) is 14.2 Å². The molecule has 9 heteroatoms. The molecule has 6 nitrogen and oxygen atoms in total. The van der Waals surface area contributed by atoms with Crippen LogP contribution in [0.15, 0.2) is 23.1 Å². The van der Waals surface area contributed by atoms with Gasteiger partial charge in [0.25, 0.3) is 5.69 Å². The fourth-order valence-corrected chi connectivity index (χ4v) is 3.21. The molecule has 0 saturated carbocycles. The minimum absolute atomic E-state index is 0.0409. The van der Waals surface area contributed by atoms with Crippen molar-refractivity contribution in [3.63, 3.8) is 0 Å². The quantitative estimate of drug-likeness (QED) is 0.322. The van der Waals surface area contributed by atoms with Gasteiger partial charge in [0.1, 0.15) is 5.75 Å². The van der Waals surface area contributed by atoms with Crippen molar-refractivity contribution in [3.05, 3.63) is 28.3 Å². The lowest BCUT2D eigenvalue weighted by molar-refractivity contribution is -0.387. The van der Waals surface area contributed by atoms with Crippen LogP contribution in [-0.2, 0) is 20.9 Å². The molecular formula is C11H16NO5PS2. The summed E-state index contributed by atoms with van der Waals surface area (Å²) in [5, 5.41) is 11.2. The lowest BCUT2D eigenvalue weighted by Crippen LogP contribution is -1.99. The van der Waals surface area contributed by atoms with Crippen molar-refractivity contribution in [3.8, 4) is 5.75 Å². The number of thioether (sulfide) groups is 1. The first-order chi connectivity index (χ1) is 9.31. The summed E-state index contributed by atoms with van der Waals surface area (Å²) >= 11 is 6.49. The number of hydrogen-bond donors (Lipinski definition) is 0. The summed E-state index contributed by atoms with van der Waals surface area (Å²) in [5.74, 6) is 0.394. The van der Waals surface area contributed by atoms with Crippen LogP contribution >= 0.6 is 18.5 Å². The van der Waals surface area contributed by atoms with Crippen LogP contribution in [0.25, 0.3) is 0 Å². The fourth-order valence-electron chi connectivity index (χ4n) is 1.33. The molecule has 0 aliphatic rings. The van der Waals surface area contributed by atoms with Crippen molar-refractivity contribution < 1.29 is 18.5 Å². The number of nitro groups is 1. The van der Waals surface area contributed by atoms with E-state index in [1.54, 1.807) is 6.07 Å². The zero-order chi connectivity index (χ0) is 15.3. The summed E-state index contributed by atoms with van der Waals surface area (Å²) in [6.07, 6.45) is 0. The van der Waals surface area contributed by atoms with Gasteiger partial charge in [-0.25, -0.2) is 0 Å². The molecule has 0 saturated heterocycles. The highest BCUT2D eigenvalue weighted by Crippen LogP contribution is 2.49. The van der Waals surface area contributed by atoms with Crippen molar-refractivity contribution >= 4 is 36.0 Å². The van der Waals surface area contributed by atoms with E-state index in [1.165, 1.54) is 38.1 Å². The van der Waals surface area contributed by atoms with Crippen LogP contribution < -0.4 is 4.52 Å². The van der Waals surface area contributed by atoms with Gasteiger partial charge < -0.3 is 13.6 Å². The second-order valence-electron chi connectivity index (χ2n) is 3.96. The molecule has 1 rings (SSSR count). The highest BCUT2D eigenvalue weighted by atomic mass is 32.5. The second-order valence-corrected chi connectivity index (χ2v) is 8.72. The summed E-state index contributed by atoms with van der Waals surface area (Å²) in [4.78, 5) is 11.1. The normalized spacial score (nSPS) is 11.7. The van der Waals surface area contributed by atoms with Crippen molar-refractivity contribution in [1.82, 2.24) is 0 Å². The summed E-state index contributed by atoms with van der Waals surface area (Å²) in [7, 11) is 2.80. The van der Waals surface area contributed by atoms with Gasteiger partial charge in [-0.3, -0.25) is 10.1 Å². The third-order valence-electron chi connectivity index (χ3n) is 2.16. The molecule has 0 unspecified atom stereocenters. The van der Waals surface area contributed by atoms with E-state index in [4.69, 9.17) is 25.4 Å². The van der Waals surface area contributed by atoms with Crippen LogP contribution in [0.4, 0.5) is 5.69 Å². The number of hydrogen-bond acceptors (Lipinski definition) is 7. The molecule has 20 heavy (non-hydrogen) atoms. The first kappa shape index (κ1) is 17.4. The van der Waals surface area contributed by atoms with Gasteiger partial charge >= 0.3 is 6.72 Å². The summed E-state index contributed by atoms with van der Waals surface area (Å²) in [6, 6.07) is 4.47. The maximum atomic E-state index is 11.0. The molecule has 0 spiro atoms. The Morgan fingerprint density at radius 1 is 1.35 bits per heavy atom. The van der Waals surface area contributed by atoms with Gasteiger partial charge in [-0.2, -0.15) is 0 Å². The standard InChI is InChI=1S/C11H16NO5PS2/c1-8(2)20-11-7-9(5-6-10(11)12(13)14)17-18(19,15-3)16-4/h5-8H,1-4H3. The number of benzene rings is 1. The Hall–Kier alpha value is -0.660. The molecule has 0 bridgehead atoms. The minimum atomic E-state index is -2.84. The SMILES string of the molecule is COP(=S)(OC)Oc1ccc([N+](=O)[O-])c(SC(C)C)c1. The molecule has 0 fully saturated rings. The average molecular weight is 337 g/mol. The predicted octanol–water partition coefficient (Wildman–Crippen LogP) is 3.99. The van der Waals surface area contributed by atoms with Gasteiger partial charge in [0, 0.05) is 43.4 Å². The van der Waals surface area contributed by atoms with Crippen LogP contribution in [0.3, 0.4) is 0 Å². The van der Waals surface area contributed by atoms with Crippen molar-refractivity contribution in [2.45, 2.75) is 24.0 Å². The number of nitro benzene ring substituents is 1. The van der Waals surface area contributed by atoms with Gasteiger partial charge in [0.2, 0.25) is 0 Å². The Balaban J connectivity index is 3.12. The lowest BCUT2D eigenvalue weighted by Gasteiger charge is -2.18. The van der Waals surface area contributed by atoms with E-state index in [9.17, 15) is 10.1 Å². The van der Waals surface area contributed by atoms with Crippen LogP contribution in [0.1, 0.15) is 13.8 Å². The summed E-state index contributed by atoms with van der Waals surface area (Å²) < 4.78 is 15.6. The van der Waals surface area contributed by atoms with Gasteiger partial charge in [-0.05, 0) is 6.07 Å². The number of nitrogens with zero attached hydrogens (tertiary/aromatic N) is 1.